The molecule has 0 aliphatic carbocycles. The Morgan fingerprint density at radius 3 is 1.33 bits per heavy atom. The summed E-state index contributed by atoms with van der Waals surface area (Å²) in [5, 5.41) is 35.3. The van der Waals surface area contributed by atoms with E-state index in [1.165, 1.54) is 32.1 Å². The molecule has 0 aromatic carbocycles. The van der Waals surface area contributed by atoms with E-state index in [9.17, 15) is 43.8 Å². The molecule has 14 heteroatoms. The smallest absolute Gasteiger partial charge is 0.326 e. The van der Waals surface area contributed by atoms with E-state index in [4.69, 9.17) is 10.8 Å². The average Bonchev–Trinajstić information content (AvgIpc) is 3.07. The van der Waals surface area contributed by atoms with Crippen LogP contribution in [0.2, 0.25) is 0 Å². The van der Waals surface area contributed by atoms with Crippen LogP contribution in [0.1, 0.15) is 162 Å². The Kier molecular flexibility index (Phi) is 28.0. The molecule has 3 atom stereocenters. The van der Waals surface area contributed by atoms with Gasteiger partial charge in [0.05, 0.1) is 0 Å². The first kappa shape index (κ1) is 47.4. The second kappa shape index (κ2) is 30.1. The zero-order valence-electron chi connectivity index (χ0n) is 31.1. The third kappa shape index (κ3) is 26.9. The number of ketones is 1. The van der Waals surface area contributed by atoms with E-state index in [0.717, 1.165) is 51.4 Å². The number of hydrogen-bond acceptors (Lipinski definition) is 8. The van der Waals surface area contributed by atoms with Crippen LogP contribution in [0.5, 0.6) is 0 Å². The Balaban J connectivity index is 4.46. The Morgan fingerprint density at radius 1 is 0.471 bits per heavy atom. The number of rotatable bonds is 34. The molecule has 8 N–H and O–H groups in total. The minimum absolute atomic E-state index is 0.0231. The lowest BCUT2D eigenvalue weighted by Crippen LogP contribution is -2.52. The average molecular weight is 727 g/mol. The molecular weight excluding hydrogens is 660 g/mol. The molecule has 51 heavy (non-hydrogen) atoms. The van der Waals surface area contributed by atoms with E-state index < -0.39 is 53.8 Å². The van der Waals surface area contributed by atoms with Gasteiger partial charge in [-0.15, -0.1) is 0 Å². The summed E-state index contributed by atoms with van der Waals surface area (Å²) in [5.74, 6) is -5.44. The van der Waals surface area contributed by atoms with Gasteiger partial charge >= 0.3 is 17.9 Å². The summed E-state index contributed by atoms with van der Waals surface area (Å²) < 4.78 is 0. The topological polar surface area (TPSA) is 242 Å². The van der Waals surface area contributed by atoms with Gasteiger partial charge in [0.15, 0.2) is 0 Å². The van der Waals surface area contributed by atoms with E-state index in [0.29, 0.717) is 25.8 Å². The van der Waals surface area contributed by atoms with Gasteiger partial charge in [-0.3, -0.25) is 24.0 Å². The molecule has 294 valence electrons. The molecule has 3 unspecified atom stereocenters. The molecule has 0 saturated heterocycles. The molecule has 0 radical (unpaired) electrons. The monoisotopic (exact) mass is 726 g/mol. The Morgan fingerprint density at radius 2 is 0.882 bits per heavy atom. The molecule has 0 rings (SSSR count). The van der Waals surface area contributed by atoms with Gasteiger partial charge in [0.2, 0.25) is 17.7 Å². The third-order valence-corrected chi connectivity index (χ3v) is 8.87. The molecule has 0 saturated carbocycles. The first-order valence-corrected chi connectivity index (χ1v) is 19.1. The standard InChI is InChI=1S/C37H66N4O10/c1-27(2)31(42)24-22-30(37(50)51)41-35(47)28(19-17-18-26-38)39-33(44)25-23-29(36(48)49)40-32(43)20-15-13-11-9-7-5-3-4-6-8-10-12-14-16-21-34(45)46/h27-30H,3-26,38H2,1-2H3,(H,39,44)(H,40,43)(H,41,47)(H,45,46)(H,48,49)(H,50,51). The highest BCUT2D eigenvalue weighted by Crippen LogP contribution is 2.14. The summed E-state index contributed by atoms with van der Waals surface area (Å²) in [6.45, 7) is 3.77. The van der Waals surface area contributed by atoms with Gasteiger partial charge in [-0.2, -0.15) is 0 Å². The largest absolute Gasteiger partial charge is 0.481 e. The number of aliphatic carboxylic acids is 3. The van der Waals surface area contributed by atoms with Gasteiger partial charge in [0, 0.05) is 31.6 Å². The number of carboxylic acids is 3. The van der Waals surface area contributed by atoms with Crippen molar-refractivity contribution in [3.05, 3.63) is 0 Å². The fourth-order valence-electron chi connectivity index (χ4n) is 5.62. The van der Waals surface area contributed by atoms with Gasteiger partial charge in [-0.25, -0.2) is 9.59 Å². The predicted molar refractivity (Wildman–Crippen MR) is 194 cm³/mol. The summed E-state index contributed by atoms with van der Waals surface area (Å²) in [6.07, 6.45) is 15.8. The lowest BCUT2D eigenvalue weighted by Gasteiger charge is -2.22. The van der Waals surface area contributed by atoms with Crippen LogP contribution in [-0.2, 0) is 33.6 Å². The van der Waals surface area contributed by atoms with E-state index in [-0.39, 0.29) is 56.6 Å². The Labute approximate surface area is 303 Å². The molecule has 0 bridgehead atoms. The zero-order chi connectivity index (χ0) is 38.4. The predicted octanol–water partition coefficient (Wildman–Crippen LogP) is 4.85. The van der Waals surface area contributed by atoms with Crippen molar-refractivity contribution in [2.75, 3.05) is 6.54 Å². The van der Waals surface area contributed by atoms with Gasteiger partial charge in [-0.05, 0) is 51.5 Å². The molecule has 0 aliphatic heterocycles. The second-order valence-corrected chi connectivity index (χ2v) is 13.8. The molecule has 0 aromatic heterocycles. The van der Waals surface area contributed by atoms with Crippen molar-refractivity contribution >= 4 is 41.4 Å². The molecule has 0 aliphatic rings. The van der Waals surface area contributed by atoms with Crippen LogP contribution in [0.3, 0.4) is 0 Å². The number of Topliss-reactive ketones (excluding diaryl/α,β-unsaturated/α-hetero) is 1. The maximum atomic E-state index is 13.0. The van der Waals surface area contributed by atoms with Crippen LogP contribution >= 0.6 is 0 Å². The Bertz CT molecular complexity index is 1050. The van der Waals surface area contributed by atoms with Gasteiger partial charge < -0.3 is 37.0 Å². The Hall–Kier alpha value is -3.55. The number of unbranched alkanes of at least 4 members (excludes halogenated alkanes) is 14. The number of nitrogens with two attached hydrogens (primary N) is 1. The molecule has 0 aromatic rings. The van der Waals surface area contributed by atoms with Crippen molar-refractivity contribution in [3.8, 4) is 0 Å². The van der Waals surface area contributed by atoms with Crippen molar-refractivity contribution in [1.82, 2.24) is 16.0 Å². The van der Waals surface area contributed by atoms with E-state index >= 15 is 0 Å². The maximum absolute atomic E-state index is 13.0. The van der Waals surface area contributed by atoms with Crippen LogP contribution < -0.4 is 21.7 Å². The van der Waals surface area contributed by atoms with Gasteiger partial charge in [0.1, 0.15) is 23.9 Å². The lowest BCUT2D eigenvalue weighted by atomic mass is 10.0. The molecular formula is C37H66N4O10. The van der Waals surface area contributed by atoms with Crippen LogP contribution in [0, 0.1) is 5.92 Å². The zero-order valence-corrected chi connectivity index (χ0v) is 31.1. The van der Waals surface area contributed by atoms with Crippen molar-refractivity contribution in [3.63, 3.8) is 0 Å². The van der Waals surface area contributed by atoms with Crippen LogP contribution in [-0.4, -0.2) is 81.4 Å². The molecule has 0 heterocycles. The van der Waals surface area contributed by atoms with Crippen molar-refractivity contribution in [1.29, 1.82) is 0 Å². The lowest BCUT2D eigenvalue weighted by molar-refractivity contribution is -0.142. The third-order valence-electron chi connectivity index (χ3n) is 8.87. The quantitative estimate of drug-likeness (QED) is 0.0442. The first-order chi connectivity index (χ1) is 24.3. The summed E-state index contributed by atoms with van der Waals surface area (Å²) in [7, 11) is 0. The normalized spacial score (nSPS) is 12.9. The second-order valence-electron chi connectivity index (χ2n) is 13.8. The maximum Gasteiger partial charge on any atom is 0.326 e. The van der Waals surface area contributed by atoms with E-state index in [2.05, 4.69) is 16.0 Å². The minimum atomic E-state index is -1.32. The van der Waals surface area contributed by atoms with Crippen LogP contribution in [0.15, 0.2) is 0 Å². The van der Waals surface area contributed by atoms with Crippen molar-refractivity contribution < 1.29 is 48.9 Å². The summed E-state index contributed by atoms with van der Waals surface area (Å²) >= 11 is 0. The molecule has 0 spiro atoms. The molecule has 0 fully saturated rings. The highest BCUT2D eigenvalue weighted by atomic mass is 16.4. The number of amides is 3. The van der Waals surface area contributed by atoms with Crippen LogP contribution in [0.4, 0.5) is 0 Å². The van der Waals surface area contributed by atoms with Crippen molar-refractivity contribution in [2.24, 2.45) is 11.7 Å². The van der Waals surface area contributed by atoms with Crippen LogP contribution in [0.25, 0.3) is 0 Å². The molecule has 3 amide bonds. The molecule has 14 nitrogen and oxygen atoms in total. The van der Waals surface area contributed by atoms with Crippen molar-refractivity contribution in [2.45, 2.75) is 180 Å². The van der Waals surface area contributed by atoms with Gasteiger partial charge in [0.25, 0.3) is 0 Å². The number of hydrogen-bond donors (Lipinski definition) is 7. The summed E-state index contributed by atoms with van der Waals surface area (Å²) in [6, 6.07) is -3.68. The number of carbonyl (C=O) groups excluding carboxylic acids is 4. The minimum Gasteiger partial charge on any atom is -0.481 e. The number of carboxylic acid groups (broad SMARTS) is 3. The fraction of sp³-hybridized carbons (Fsp3) is 0.811. The highest BCUT2D eigenvalue weighted by molar-refractivity contribution is 5.91. The highest BCUT2D eigenvalue weighted by Gasteiger charge is 2.28. The first-order valence-electron chi connectivity index (χ1n) is 19.1. The summed E-state index contributed by atoms with van der Waals surface area (Å²) in [4.78, 5) is 84.2. The SMILES string of the molecule is CC(C)C(=O)CCC(NC(=O)C(CCCCN)NC(=O)CCC(NC(=O)CCCCCCCCCCCCCCCCC(=O)O)C(=O)O)C(=O)O. The van der Waals surface area contributed by atoms with Gasteiger partial charge in [-0.1, -0.05) is 90.9 Å². The van der Waals surface area contributed by atoms with E-state index in [1.807, 2.05) is 0 Å². The summed E-state index contributed by atoms with van der Waals surface area (Å²) in [5.41, 5.74) is 5.55. The fourth-order valence-corrected chi connectivity index (χ4v) is 5.62. The number of nitrogens with one attached hydrogen (secondary N) is 3. The number of carbonyl (C=O) groups is 7. The van der Waals surface area contributed by atoms with E-state index in [1.54, 1.807) is 13.8 Å².